The molecule has 0 aromatic carbocycles. The summed E-state index contributed by atoms with van der Waals surface area (Å²) in [5.41, 5.74) is 5.17. The van der Waals surface area contributed by atoms with Gasteiger partial charge in [-0.2, -0.15) is 0 Å². The summed E-state index contributed by atoms with van der Waals surface area (Å²) in [7, 11) is 0. The molecule has 12 heavy (non-hydrogen) atoms. The van der Waals surface area contributed by atoms with Gasteiger partial charge in [-0.05, 0) is 18.9 Å². The Bertz CT molecular complexity index is 54.5. The lowest BCUT2D eigenvalue weighted by atomic mass is 10.2. The summed E-state index contributed by atoms with van der Waals surface area (Å²) in [5.74, 6) is 1.49. The van der Waals surface area contributed by atoms with E-state index in [9.17, 15) is 0 Å². The second-order valence-corrected chi connectivity index (χ2v) is 3.40. The highest BCUT2D eigenvalue weighted by molar-refractivity contribution is 6.17. The SMILES string of the molecule is CC(C)CN.CCCCCCl.Cl. The zero-order valence-electron chi connectivity index (χ0n) is 8.48. The third-order valence-electron chi connectivity index (χ3n) is 1.21. The third kappa shape index (κ3) is 31.3. The minimum atomic E-state index is 0. The Morgan fingerprint density at radius 2 is 1.67 bits per heavy atom. The molecular formula is C9H23Cl2N. The topological polar surface area (TPSA) is 26.0 Å². The Labute approximate surface area is 88.5 Å². The quantitative estimate of drug-likeness (QED) is 0.565. The van der Waals surface area contributed by atoms with Crippen LogP contribution in [0.15, 0.2) is 0 Å². The highest BCUT2D eigenvalue weighted by Gasteiger charge is 1.80. The number of alkyl halides is 1. The summed E-state index contributed by atoms with van der Waals surface area (Å²) in [6.45, 7) is 7.17. The summed E-state index contributed by atoms with van der Waals surface area (Å²) in [6, 6.07) is 0. The zero-order valence-corrected chi connectivity index (χ0v) is 10.0. The molecule has 0 rings (SSSR count). The smallest absolute Gasteiger partial charge is 0.0223 e. The summed E-state index contributed by atoms with van der Waals surface area (Å²) in [4.78, 5) is 0. The fourth-order valence-electron chi connectivity index (χ4n) is 0.344. The molecule has 0 spiro atoms. The molecule has 0 aliphatic heterocycles. The Balaban J connectivity index is -0.000000126. The molecule has 0 bridgehead atoms. The van der Waals surface area contributed by atoms with E-state index in [2.05, 4.69) is 20.8 Å². The predicted molar refractivity (Wildman–Crippen MR) is 61.4 cm³/mol. The van der Waals surface area contributed by atoms with Crippen molar-refractivity contribution in [3.05, 3.63) is 0 Å². The number of rotatable bonds is 4. The molecule has 0 fully saturated rings. The molecule has 2 N–H and O–H groups in total. The summed E-state index contributed by atoms with van der Waals surface area (Å²) in [5, 5.41) is 0. The molecule has 0 radical (unpaired) electrons. The van der Waals surface area contributed by atoms with Crippen LogP contribution in [0.4, 0.5) is 0 Å². The van der Waals surface area contributed by atoms with E-state index in [1.807, 2.05) is 0 Å². The molecule has 0 amide bonds. The molecule has 0 saturated carbocycles. The fraction of sp³-hybridized carbons (Fsp3) is 1.00. The second-order valence-electron chi connectivity index (χ2n) is 3.03. The minimum absolute atomic E-state index is 0. The molecule has 0 aliphatic carbocycles. The lowest BCUT2D eigenvalue weighted by Crippen LogP contribution is -2.05. The second kappa shape index (κ2) is 17.6. The molecule has 0 atom stereocenters. The van der Waals surface area contributed by atoms with E-state index in [1.165, 1.54) is 19.3 Å². The average Bonchev–Trinajstić information content (AvgIpc) is 2.02. The van der Waals surface area contributed by atoms with Crippen LogP contribution in [0.1, 0.15) is 40.0 Å². The summed E-state index contributed by atoms with van der Waals surface area (Å²) < 4.78 is 0. The first-order chi connectivity index (χ1) is 5.18. The summed E-state index contributed by atoms with van der Waals surface area (Å²) >= 11 is 5.38. The first-order valence-electron chi connectivity index (χ1n) is 4.45. The van der Waals surface area contributed by atoms with Gasteiger partial charge in [0.2, 0.25) is 0 Å². The van der Waals surface area contributed by atoms with Crippen LogP contribution in [0.2, 0.25) is 0 Å². The number of hydrogen-bond donors (Lipinski definition) is 1. The van der Waals surface area contributed by atoms with E-state index in [0.717, 1.165) is 12.4 Å². The maximum atomic E-state index is 5.38. The van der Waals surface area contributed by atoms with E-state index >= 15 is 0 Å². The monoisotopic (exact) mass is 215 g/mol. The lowest BCUT2D eigenvalue weighted by Gasteiger charge is -1.91. The molecule has 0 aromatic rings. The van der Waals surface area contributed by atoms with E-state index in [4.69, 9.17) is 17.3 Å². The van der Waals surface area contributed by atoms with Crippen molar-refractivity contribution in [2.24, 2.45) is 11.7 Å². The van der Waals surface area contributed by atoms with Gasteiger partial charge >= 0.3 is 0 Å². The van der Waals surface area contributed by atoms with Crippen LogP contribution in [-0.4, -0.2) is 12.4 Å². The number of nitrogens with two attached hydrogens (primary N) is 1. The normalized spacial score (nSPS) is 8.50. The third-order valence-corrected chi connectivity index (χ3v) is 1.48. The first-order valence-corrected chi connectivity index (χ1v) is 4.98. The van der Waals surface area contributed by atoms with E-state index in [-0.39, 0.29) is 12.4 Å². The molecule has 0 saturated heterocycles. The van der Waals surface area contributed by atoms with Gasteiger partial charge in [-0.1, -0.05) is 33.6 Å². The molecule has 0 unspecified atom stereocenters. The standard InChI is InChI=1S/C5H11Cl.C4H11N.ClH/c1-2-3-4-5-6;1-4(2)3-5;/h2-5H2,1H3;4H,3,5H2,1-2H3;1H. The highest BCUT2D eigenvalue weighted by atomic mass is 35.5. The van der Waals surface area contributed by atoms with Gasteiger partial charge in [0, 0.05) is 5.88 Å². The molecule has 3 heteroatoms. The predicted octanol–water partition coefficient (Wildman–Crippen LogP) is 3.44. The van der Waals surface area contributed by atoms with Crippen molar-refractivity contribution in [1.82, 2.24) is 0 Å². The zero-order chi connectivity index (χ0) is 9.11. The van der Waals surface area contributed by atoms with Gasteiger partial charge < -0.3 is 5.73 Å². The molecular weight excluding hydrogens is 193 g/mol. The van der Waals surface area contributed by atoms with Crippen LogP contribution in [0, 0.1) is 5.92 Å². The van der Waals surface area contributed by atoms with Crippen LogP contribution in [0.5, 0.6) is 0 Å². The lowest BCUT2D eigenvalue weighted by molar-refractivity contribution is 0.664. The van der Waals surface area contributed by atoms with Crippen LogP contribution >= 0.6 is 24.0 Å². The van der Waals surface area contributed by atoms with Crippen LogP contribution in [0.25, 0.3) is 0 Å². The highest BCUT2D eigenvalue weighted by Crippen LogP contribution is 1.93. The van der Waals surface area contributed by atoms with Gasteiger partial charge in [0.05, 0.1) is 0 Å². The van der Waals surface area contributed by atoms with Crippen molar-refractivity contribution < 1.29 is 0 Å². The summed E-state index contributed by atoms with van der Waals surface area (Å²) in [6.07, 6.45) is 3.73. The van der Waals surface area contributed by atoms with Gasteiger partial charge in [0.1, 0.15) is 0 Å². The van der Waals surface area contributed by atoms with Crippen LogP contribution in [-0.2, 0) is 0 Å². The Kier molecular flexibility index (Phi) is 26.9. The largest absolute Gasteiger partial charge is 0.330 e. The van der Waals surface area contributed by atoms with Gasteiger partial charge in [-0.25, -0.2) is 0 Å². The van der Waals surface area contributed by atoms with Crippen molar-refractivity contribution in [2.75, 3.05) is 12.4 Å². The molecule has 0 aromatic heterocycles. The average molecular weight is 216 g/mol. The van der Waals surface area contributed by atoms with E-state index in [0.29, 0.717) is 5.92 Å². The van der Waals surface area contributed by atoms with Crippen molar-refractivity contribution in [3.63, 3.8) is 0 Å². The van der Waals surface area contributed by atoms with Gasteiger partial charge in [-0.15, -0.1) is 24.0 Å². The fourth-order valence-corrected chi connectivity index (χ4v) is 0.533. The Hall–Kier alpha value is 0.540. The first kappa shape index (κ1) is 18.3. The van der Waals surface area contributed by atoms with Gasteiger partial charge in [0.15, 0.2) is 0 Å². The van der Waals surface area contributed by atoms with Crippen molar-refractivity contribution in [3.8, 4) is 0 Å². The number of hydrogen-bond acceptors (Lipinski definition) is 1. The van der Waals surface area contributed by atoms with E-state index in [1.54, 1.807) is 0 Å². The minimum Gasteiger partial charge on any atom is -0.330 e. The maximum Gasteiger partial charge on any atom is 0.0223 e. The van der Waals surface area contributed by atoms with Gasteiger partial charge in [-0.3, -0.25) is 0 Å². The van der Waals surface area contributed by atoms with Crippen LogP contribution in [0.3, 0.4) is 0 Å². The van der Waals surface area contributed by atoms with Gasteiger partial charge in [0.25, 0.3) is 0 Å². The van der Waals surface area contributed by atoms with Crippen molar-refractivity contribution >= 4 is 24.0 Å². The maximum absolute atomic E-state index is 5.38. The Morgan fingerprint density at radius 1 is 1.25 bits per heavy atom. The number of unbranched alkanes of at least 4 members (excludes halogenated alkanes) is 2. The molecule has 0 heterocycles. The van der Waals surface area contributed by atoms with Crippen molar-refractivity contribution in [1.29, 1.82) is 0 Å². The van der Waals surface area contributed by atoms with Crippen molar-refractivity contribution in [2.45, 2.75) is 40.0 Å². The number of halogens is 2. The molecule has 0 aliphatic rings. The van der Waals surface area contributed by atoms with E-state index < -0.39 is 0 Å². The molecule has 78 valence electrons. The Morgan fingerprint density at radius 3 is 1.75 bits per heavy atom. The van der Waals surface area contributed by atoms with Crippen LogP contribution < -0.4 is 5.73 Å². The molecule has 1 nitrogen and oxygen atoms in total.